The molecular formula is C19H17FN4O2S. The number of thiocarbonyl (C=S) groups is 1. The molecule has 0 aromatic heterocycles. The second-order valence-corrected chi connectivity index (χ2v) is 6.48. The molecule has 0 saturated heterocycles. The second kappa shape index (κ2) is 8.01. The molecule has 2 aromatic rings. The minimum Gasteiger partial charge on any atom is -0.506 e. The van der Waals surface area contributed by atoms with Crippen molar-refractivity contribution in [3.8, 4) is 11.8 Å². The number of hydrogen-bond acceptors (Lipinski definition) is 4. The van der Waals surface area contributed by atoms with Gasteiger partial charge in [-0.05, 0) is 61.0 Å². The Morgan fingerprint density at radius 2 is 2.00 bits per heavy atom. The summed E-state index contributed by atoms with van der Waals surface area (Å²) in [6, 6.07) is 10.9. The molecule has 27 heavy (non-hydrogen) atoms. The van der Waals surface area contributed by atoms with Gasteiger partial charge in [-0.25, -0.2) is 4.39 Å². The Bertz CT molecular complexity index is 925. The highest BCUT2D eigenvalue weighted by Crippen LogP contribution is 2.36. The summed E-state index contributed by atoms with van der Waals surface area (Å²) in [7, 11) is 0. The number of nitrogens with zero attached hydrogens (tertiary/aromatic N) is 2. The van der Waals surface area contributed by atoms with Gasteiger partial charge in [0.1, 0.15) is 18.1 Å². The highest BCUT2D eigenvalue weighted by atomic mass is 32.1. The van der Waals surface area contributed by atoms with Gasteiger partial charge in [-0.3, -0.25) is 9.69 Å². The van der Waals surface area contributed by atoms with E-state index >= 15 is 0 Å². The van der Waals surface area contributed by atoms with Crippen molar-refractivity contribution in [1.82, 2.24) is 0 Å². The van der Waals surface area contributed by atoms with E-state index in [-0.39, 0.29) is 29.1 Å². The Labute approximate surface area is 161 Å². The number of phenols is 1. The number of rotatable bonds is 3. The summed E-state index contributed by atoms with van der Waals surface area (Å²) < 4.78 is 13.0. The highest BCUT2D eigenvalue weighted by Gasteiger charge is 2.23. The van der Waals surface area contributed by atoms with E-state index in [2.05, 4.69) is 10.6 Å². The zero-order chi connectivity index (χ0) is 19.4. The van der Waals surface area contributed by atoms with E-state index in [1.54, 1.807) is 18.2 Å². The molecule has 138 valence electrons. The minimum absolute atomic E-state index is 0.0669. The van der Waals surface area contributed by atoms with Crippen molar-refractivity contribution in [2.24, 2.45) is 0 Å². The largest absolute Gasteiger partial charge is 0.506 e. The molecule has 2 aromatic carbocycles. The third-order valence-electron chi connectivity index (χ3n) is 4.20. The summed E-state index contributed by atoms with van der Waals surface area (Å²) in [4.78, 5) is 13.6. The first-order valence-corrected chi connectivity index (χ1v) is 8.75. The third-order valence-corrected chi connectivity index (χ3v) is 4.41. The molecule has 1 heterocycles. The molecule has 0 spiro atoms. The van der Waals surface area contributed by atoms with Gasteiger partial charge in [-0.2, -0.15) is 5.26 Å². The SMILES string of the molecule is N#CCN1C(=O)CCCc2cc(NC(=S)Nc3ccc(F)cc3)c(O)cc21. The minimum atomic E-state index is -0.348. The van der Waals surface area contributed by atoms with E-state index in [9.17, 15) is 14.3 Å². The van der Waals surface area contributed by atoms with Gasteiger partial charge in [-0.1, -0.05) is 0 Å². The van der Waals surface area contributed by atoms with Crippen LogP contribution < -0.4 is 15.5 Å². The molecule has 3 N–H and O–H groups in total. The van der Waals surface area contributed by atoms with Crippen LogP contribution in [-0.4, -0.2) is 22.7 Å². The van der Waals surface area contributed by atoms with Crippen LogP contribution in [0.1, 0.15) is 18.4 Å². The van der Waals surface area contributed by atoms with E-state index in [1.165, 1.54) is 23.1 Å². The van der Waals surface area contributed by atoms with Crippen molar-refractivity contribution in [2.45, 2.75) is 19.3 Å². The molecule has 0 atom stereocenters. The van der Waals surface area contributed by atoms with Crippen LogP contribution in [0, 0.1) is 17.1 Å². The van der Waals surface area contributed by atoms with Crippen molar-refractivity contribution in [1.29, 1.82) is 5.26 Å². The quantitative estimate of drug-likeness (QED) is 0.426. The Balaban J connectivity index is 1.82. The lowest BCUT2D eigenvalue weighted by Crippen LogP contribution is -2.30. The maximum Gasteiger partial charge on any atom is 0.227 e. The van der Waals surface area contributed by atoms with Crippen molar-refractivity contribution >= 4 is 40.3 Å². The maximum absolute atomic E-state index is 13.0. The van der Waals surface area contributed by atoms with Crippen LogP contribution >= 0.6 is 12.2 Å². The number of hydrogen-bond donors (Lipinski definition) is 3. The topological polar surface area (TPSA) is 88.4 Å². The lowest BCUT2D eigenvalue weighted by molar-refractivity contribution is -0.118. The summed E-state index contributed by atoms with van der Waals surface area (Å²) in [5.41, 5.74) is 2.38. The Morgan fingerprint density at radius 1 is 1.26 bits per heavy atom. The first kappa shape index (κ1) is 18.6. The number of aryl methyl sites for hydroxylation is 1. The molecule has 3 rings (SSSR count). The number of nitrogens with one attached hydrogen (secondary N) is 2. The monoisotopic (exact) mass is 384 g/mol. The number of carbonyl (C=O) groups is 1. The van der Waals surface area contributed by atoms with Gasteiger partial charge in [0.15, 0.2) is 5.11 Å². The third kappa shape index (κ3) is 4.33. The summed E-state index contributed by atoms with van der Waals surface area (Å²) >= 11 is 5.24. The average molecular weight is 384 g/mol. The van der Waals surface area contributed by atoms with Crippen LogP contribution in [-0.2, 0) is 11.2 Å². The number of aromatic hydroxyl groups is 1. The van der Waals surface area contributed by atoms with Crippen molar-refractivity contribution in [3.63, 3.8) is 0 Å². The van der Waals surface area contributed by atoms with Crippen LogP contribution in [0.2, 0.25) is 0 Å². The predicted octanol–water partition coefficient (Wildman–Crippen LogP) is 3.53. The zero-order valence-corrected chi connectivity index (χ0v) is 15.1. The van der Waals surface area contributed by atoms with Gasteiger partial charge < -0.3 is 15.7 Å². The van der Waals surface area contributed by atoms with Crippen LogP contribution in [0.5, 0.6) is 5.75 Å². The fraction of sp³-hybridized carbons (Fsp3) is 0.211. The Morgan fingerprint density at radius 3 is 2.70 bits per heavy atom. The average Bonchev–Trinajstić information content (AvgIpc) is 2.77. The first-order chi connectivity index (χ1) is 13.0. The van der Waals surface area contributed by atoms with Crippen LogP contribution in [0.25, 0.3) is 0 Å². The Kier molecular flexibility index (Phi) is 5.52. The van der Waals surface area contributed by atoms with E-state index < -0.39 is 0 Å². The summed E-state index contributed by atoms with van der Waals surface area (Å²) in [6.45, 7) is -0.0669. The van der Waals surface area contributed by atoms with Crippen molar-refractivity contribution in [3.05, 3.63) is 47.8 Å². The number of fused-ring (bicyclic) bond motifs is 1. The first-order valence-electron chi connectivity index (χ1n) is 8.34. The number of benzene rings is 2. The number of anilines is 3. The molecule has 1 aliphatic heterocycles. The maximum atomic E-state index is 13.0. The normalized spacial score (nSPS) is 13.3. The number of phenolic OH excluding ortho intramolecular Hbond substituents is 1. The fourth-order valence-corrected chi connectivity index (χ4v) is 3.16. The van der Waals surface area contributed by atoms with Gasteiger partial charge in [0, 0.05) is 18.2 Å². The molecule has 0 fully saturated rings. The van der Waals surface area contributed by atoms with E-state index in [1.807, 2.05) is 6.07 Å². The standard InChI is InChI=1S/C19H17FN4O2S/c20-13-4-6-14(7-5-13)22-19(27)23-15-10-12-2-1-3-18(26)24(9-8-21)16(12)11-17(15)25/h4-7,10-11,25H,1-3,9H2,(H2,22,23,27). The van der Waals surface area contributed by atoms with Crippen LogP contribution in [0.4, 0.5) is 21.5 Å². The predicted molar refractivity (Wildman–Crippen MR) is 105 cm³/mol. The summed E-state index contributed by atoms with van der Waals surface area (Å²) in [5.74, 6) is -0.571. The van der Waals surface area contributed by atoms with Gasteiger partial charge >= 0.3 is 0 Å². The number of carbonyl (C=O) groups excluding carboxylic acids is 1. The fourth-order valence-electron chi connectivity index (χ4n) is 2.93. The molecule has 0 radical (unpaired) electrons. The molecule has 0 bridgehead atoms. The second-order valence-electron chi connectivity index (χ2n) is 6.08. The van der Waals surface area contributed by atoms with Gasteiger partial charge in [0.05, 0.1) is 17.4 Å². The lowest BCUT2D eigenvalue weighted by Gasteiger charge is -2.21. The molecule has 0 saturated carbocycles. The van der Waals surface area contributed by atoms with Crippen molar-refractivity contribution in [2.75, 3.05) is 22.1 Å². The lowest BCUT2D eigenvalue weighted by atomic mass is 10.1. The van der Waals surface area contributed by atoms with E-state index in [0.29, 0.717) is 36.3 Å². The molecule has 0 aliphatic carbocycles. The van der Waals surface area contributed by atoms with Gasteiger partial charge in [0.25, 0.3) is 0 Å². The molecule has 1 amide bonds. The summed E-state index contributed by atoms with van der Waals surface area (Å²) in [6.07, 6.45) is 1.66. The number of halogens is 1. The van der Waals surface area contributed by atoms with E-state index in [4.69, 9.17) is 17.5 Å². The zero-order valence-electron chi connectivity index (χ0n) is 14.3. The Hall–Kier alpha value is -3.18. The molecule has 8 heteroatoms. The van der Waals surface area contributed by atoms with Crippen LogP contribution in [0.3, 0.4) is 0 Å². The van der Waals surface area contributed by atoms with Gasteiger partial charge in [-0.15, -0.1) is 0 Å². The van der Waals surface area contributed by atoms with Gasteiger partial charge in [0.2, 0.25) is 5.91 Å². The molecule has 1 aliphatic rings. The number of amides is 1. The molecule has 6 nitrogen and oxygen atoms in total. The van der Waals surface area contributed by atoms with E-state index in [0.717, 1.165) is 5.56 Å². The smallest absolute Gasteiger partial charge is 0.227 e. The summed E-state index contributed by atoms with van der Waals surface area (Å²) in [5, 5.41) is 25.4. The van der Waals surface area contributed by atoms with Crippen LogP contribution in [0.15, 0.2) is 36.4 Å². The number of nitriles is 1. The highest BCUT2D eigenvalue weighted by molar-refractivity contribution is 7.80. The molecule has 0 unspecified atom stereocenters. The van der Waals surface area contributed by atoms with Crippen molar-refractivity contribution < 1.29 is 14.3 Å². The molecular weight excluding hydrogens is 367 g/mol.